The van der Waals surface area contributed by atoms with Crippen molar-refractivity contribution in [1.29, 1.82) is 0 Å². The molecule has 0 saturated carbocycles. The summed E-state index contributed by atoms with van der Waals surface area (Å²) in [6.45, 7) is 2.96. The monoisotopic (exact) mass is 251 g/mol. The third-order valence-corrected chi connectivity index (χ3v) is 3.76. The number of β-amino-alcohol motifs (C(OH)–C–C–N with tert-alkyl or cyclic N) is 1. The highest BCUT2D eigenvalue weighted by Crippen LogP contribution is 2.20. The van der Waals surface area contributed by atoms with Crippen LogP contribution in [0.5, 0.6) is 0 Å². The van der Waals surface area contributed by atoms with E-state index in [4.69, 9.17) is 0 Å². The fraction of sp³-hybridized carbons (Fsp3) is 0.462. The summed E-state index contributed by atoms with van der Waals surface area (Å²) in [5, 5.41) is 11.9. The van der Waals surface area contributed by atoms with Gasteiger partial charge in [-0.2, -0.15) is 0 Å². The number of aliphatic hydroxyl groups is 1. The largest absolute Gasteiger partial charge is 0.388 e. The molecule has 1 atom stereocenters. The Bertz CT molecular complexity index is 409. The van der Waals surface area contributed by atoms with Crippen molar-refractivity contribution in [3.8, 4) is 0 Å². The Morgan fingerprint density at radius 2 is 2.47 bits per heavy atom. The van der Waals surface area contributed by atoms with E-state index in [2.05, 4.69) is 0 Å². The SMILES string of the molecule is CC1(O)CCCN(C(=O)/C=C/c2cccs2)C1. The molecular formula is C13H17NO2S. The number of hydrogen-bond donors (Lipinski definition) is 1. The lowest BCUT2D eigenvalue weighted by atomic mass is 9.95. The second kappa shape index (κ2) is 5.02. The van der Waals surface area contributed by atoms with Gasteiger partial charge in [-0.1, -0.05) is 6.07 Å². The van der Waals surface area contributed by atoms with Gasteiger partial charge in [-0.25, -0.2) is 0 Å². The van der Waals surface area contributed by atoms with Gasteiger partial charge >= 0.3 is 0 Å². The summed E-state index contributed by atoms with van der Waals surface area (Å²) < 4.78 is 0. The van der Waals surface area contributed by atoms with Crippen LogP contribution in [0.15, 0.2) is 23.6 Å². The van der Waals surface area contributed by atoms with E-state index < -0.39 is 5.60 Å². The molecule has 92 valence electrons. The van der Waals surface area contributed by atoms with E-state index in [0.717, 1.165) is 24.3 Å². The van der Waals surface area contributed by atoms with Crippen LogP contribution >= 0.6 is 11.3 Å². The first-order chi connectivity index (χ1) is 8.07. The first-order valence-electron chi connectivity index (χ1n) is 5.80. The van der Waals surface area contributed by atoms with Crippen LogP contribution < -0.4 is 0 Å². The van der Waals surface area contributed by atoms with Gasteiger partial charge in [0.25, 0.3) is 0 Å². The molecule has 17 heavy (non-hydrogen) atoms. The highest BCUT2D eigenvalue weighted by Gasteiger charge is 2.29. The predicted octanol–water partition coefficient (Wildman–Crippen LogP) is 2.13. The lowest BCUT2D eigenvalue weighted by molar-refractivity contribution is -0.132. The highest BCUT2D eigenvalue weighted by atomic mass is 32.1. The van der Waals surface area contributed by atoms with Gasteiger partial charge < -0.3 is 10.0 Å². The minimum Gasteiger partial charge on any atom is -0.388 e. The summed E-state index contributed by atoms with van der Waals surface area (Å²) in [5.41, 5.74) is -0.731. The highest BCUT2D eigenvalue weighted by molar-refractivity contribution is 7.10. The zero-order valence-electron chi connectivity index (χ0n) is 9.93. The van der Waals surface area contributed by atoms with Gasteiger partial charge in [-0.3, -0.25) is 4.79 Å². The number of piperidine rings is 1. The molecular weight excluding hydrogens is 234 g/mol. The molecule has 0 spiro atoms. The number of rotatable bonds is 2. The first-order valence-corrected chi connectivity index (χ1v) is 6.68. The van der Waals surface area contributed by atoms with Gasteiger partial charge in [-0.15, -0.1) is 11.3 Å². The maximum absolute atomic E-state index is 11.9. The van der Waals surface area contributed by atoms with E-state index in [9.17, 15) is 9.90 Å². The van der Waals surface area contributed by atoms with E-state index in [0.29, 0.717) is 6.54 Å². The average Bonchev–Trinajstić information content (AvgIpc) is 2.77. The van der Waals surface area contributed by atoms with Crippen molar-refractivity contribution < 1.29 is 9.90 Å². The third-order valence-electron chi connectivity index (χ3n) is 2.92. The van der Waals surface area contributed by atoms with E-state index in [1.54, 1.807) is 29.2 Å². The van der Waals surface area contributed by atoms with E-state index in [-0.39, 0.29) is 5.91 Å². The van der Waals surface area contributed by atoms with Gasteiger partial charge in [0.1, 0.15) is 0 Å². The van der Waals surface area contributed by atoms with Crippen LogP contribution in [0, 0.1) is 0 Å². The molecule has 2 rings (SSSR count). The maximum Gasteiger partial charge on any atom is 0.246 e. The normalized spacial score (nSPS) is 25.4. The summed E-state index contributed by atoms with van der Waals surface area (Å²) in [6.07, 6.45) is 5.06. The van der Waals surface area contributed by atoms with Crippen molar-refractivity contribution in [2.75, 3.05) is 13.1 Å². The molecule has 3 nitrogen and oxygen atoms in total. The van der Waals surface area contributed by atoms with E-state index >= 15 is 0 Å². The first kappa shape index (κ1) is 12.3. The fourth-order valence-corrected chi connectivity index (χ4v) is 2.67. The summed E-state index contributed by atoms with van der Waals surface area (Å²) in [4.78, 5) is 14.7. The molecule has 1 aromatic heterocycles. The average molecular weight is 251 g/mol. The second-order valence-electron chi connectivity index (χ2n) is 4.71. The van der Waals surface area contributed by atoms with Gasteiger partial charge in [0.05, 0.1) is 5.60 Å². The zero-order chi connectivity index (χ0) is 12.3. The van der Waals surface area contributed by atoms with Gasteiger partial charge in [-0.05, 0) is 37.3 Å². The molecule has 0 radical (unpaired) electrons. The fourth-order valence-electron chi connectivity index (χ4n) is 2.05. The maximum atomic E-state index is 11.9. The van der Waals surface area contributed by atoms with Crippen LogP contribution in [0.1, 0.15) is 24.6 Å². The van der Waals surface area contributed by atoms with Crippen molar-refractivity contribution in [2.45, 2.75) is 25.4 Å². The van der Waals surface area contributed by atoms with Crippen molar-refractivity contribution in [1.82, 2.24) is 4.90 Å². The Labute approximate surface area is 105 Å². The van der Waals surface area contributed by atoms with Crippen LogP contribution in [0.2, 0.25) is 0 Å². The second-order valence-corrected chi connectivity index (χ2v) is 5.69. The Hall–Kier alpha value is -1.13. The number of carbonyl (C=O) groups is 1. The molecule has 1 aromatic rings. The van der Waals surface area contributed by atoms with Gasteiger partial charge in [0, 0.05) is 24.0 Å². The topological polar surface area (TPSA) is 40.5 Å². The van der Waals surface area contributed by atoms with Crippen molar-refractivity contribution in [3.05, 3.63) is 28.5 Å². The lowest BCUT2D eigenvalue weighted by Crippen LogP contribution is -2.48. The molecule has 1 unspecified atom stereocenters. The van der Waals surface area contributed by atoms with Crippen LogP contribution in [0.3, 0.4) is 0 Å². The summed E-state index contributed by atoms with van der Waals surface area (Å²) >= 11 is 1.60. The molecule has 1 fully saturated rings. The Morgan fingerprint density at radius 3 is 3.12 bits per heavy atom. The number of nitrogens with zero attached hydrogens (tertiary/aromatic N) is 1. The predicted molar refractivity (Wildman–Crippen MR) is 69.8 cm³/mol. The minimum absolute atomic E-state index is 0.0154. The molecule has 1 N–H and O–H groups in total. The molecule has 1 aliphatic rings. The summed E-state index contributed by atoms with van der Waals surface area (Å²) in [5.74, 6) is -0.0154. The Morgan fingerprint density at radius 1 is 1.65 bits per heavy atom. The molecule has 4 heteroatoms. The van der Waals surface area contributed by atoms with E-state index in [1.807, 2.05) is 23.6 Å². The number of hydrogen-bond acceptors (Lipinski definition) is 3. The smallest absolute Gasteiger partial charge is 0.246 e. The van der Waals surface area contributed by atoms with Crippen LogP contribution in [0.25, 0.3) is 6.08 Å². The number of amides is 1. The standard InChI is InChI=1S/C13H17NO2S/c1-13(16)7-3-8-14(10-13)12(15)6-5-11-4-2-9-17-11/h2,4-6,9,16H,3,7-8,10H2,1H3/b6-5+. The third kappa shape index (κ3) is 3.41. The molecule has 1 amide bonds. The number of carbonyl (C=O) groups excluding carboxylic acids is 1. The van der Waals surface area contributed by atoms with Crippen molar-refractivity contribution >= 4 is 23.3 Å². The minimum atomic E-state index is -0.731. The van der Waals surface area contributed by atoms with Crippen LogP contribution in [-0.4, -0.2) is 34.6 Å². The lowest BCUT2D eigenvalue weighted by Gasteiger charge is -2.36. The van der Waals surface area contributed by atoms with Crippen molar-refractivity contribution in [2.24, 2.45) is 0 Å². The van der Waals surface area contributed by atoms with Gasteiger partial charge in [0.15, 0.2) is 0 Å². The van der Waals surface area contributed by atoms with Crippen molar-refractivity contribution in [3.63, 3.8) is 0 Å². The Balaban J connectivity index is 1.96. The molecule has 1 aliphatic heterocycles. The summed E-state index contributed by atoms with van der Waals surface area (Å²) in [6, 6.07) is 3.93. The molecule has 0 aliphatic carbocycles. The van der Waals surface area contributed by atoms with Gasteiger partial charge in [0.2, 0.25) is 5.91 Å². The van der Waals surface area contributed by atoms with Crippen LogP contribution in [0.4, 0.5) is 0 Å². The quantitative estimate of drug-likeness (QED) is 0.818. The van der Waals surface area contributed by atoms with Crippen LogP contribution in [-0.2, 0) is 4.79 Å². The molecule has 1 saturated heterocycles. The molecule has 0 aromatic carbocycles. The Kier molecular flexibility index (Phi) is 3.64. The molecule has 2 heterocycles. The number of thiophene rings is 1. The zero-order valence-corrected chi connectivity index (χ0v) is 10.7. The number of likely N-dealkylation sites (tertiary alicyclic amines) is 1. The van der Waals surface area contributed by atoms with E-state index in [1.165, 1.54) is 0 Å². The summed E-state index contributed by atoms with van der Waals surface area (Å²) in [7, 11) is 0. The molecule has 0 bridgehead atoms.